The van der Waals surface area contributed by atoms with Gasteiger partial charge in [0.2, 0.25) is 11.8 Å². The van der Waals surface area contributed by atoms with Gasteiger partial charge in [0, 0.05) is 18.8 Å². The van der Waals surface area contributed by atoms with Crippen molar-refractivity contribution in [3.05, 3.63) is 69.2 Å². The Bertz CT molecular complexity index is 892. The normalized spacial score (nSPS) is 11.8. The second-order valence-corrected chi connectivity index (χ2v) is 9.37. The van der Waals surface area contributed by atoms with Crippen molar-refractivity contribution in [2.45, 2.75) is 52.0 Å². The van der Waals surface area contributed by atoms with Crippen LogP contribution in [-0.4, -0.2) is 35.1 Å². The summed E-state index contributed by atoms with van der Waals surface area (Å²) in [5.41, 5.74) is 3.14. The van der Waals surface area contributed by atoms with Crippen LogP contribution in [0.2, 0.25) is 10.0 Å². The first-order valence-electron chi connectivity index (χ1n) is 10.5. The molecule has 0 aliphatic heterocycles. The second kappa shape index (κ2) is 13.0. The SMILES string of the molecule is CCCCNC(=O)[C@@H](C)N(Cc1cccc(C)c1)C(=O)CSCc1ccc(Cl)c(Cl)c1. The fourth-order valence-corrected chi connectivity index (χ4v) is 4.27. The Balaban J connectivity index is 2.05. The highest BCUT2D eigenvalue weighted by atomic mass is 35.5. The van der Waals surface area contributed by atoms with Gasteiger partial charge in [0.15, 0.2) is 0 Å². The molecule has 2 aromatic rings. The molecule has 1 atom stereocenters. The van der Waals surface area contributed by atoms with Gasteiger partial charge in [0.25, 0.3) is 0 Å². The van der Waals surface area contributed by atoms with Crippen LogP contribution in [0, 0.1) is 6.92 Å². The van der Waals surface area contributed by atoms with E-state index in [0.717, 1.165) is 29.5 Å². The predicted octanol–water partition coefficient (Wildman–Crippen LogP) is 5.87. The van der Waals surface area contributed by atoms with E-state index in [2.05, 4.69) is 12.2 Å². The van der Waals surface area contributed by atoms with Gasteiger partial charge in [-0.05, 0) is 43.5 Å². The maximum atomic E-state index is 13.1. The molecule has 0 unspecified atom stereocenters. The Morgan fingerprint density at radius 1 is 1.10 bits per heavy atom. The van der Waals surface area contributed by atoms with Gasteiger partial charge in [-0.2, -0.15) is 0 Å². The van der Waals surface area contributed by atoms with E-state index >= 15 is 0 Å². The van der Waals surface area contributed by atoms with Gasteiger partial charge in [-0.1, -0.05) is 72.4 Å². The smallest absolute Gasteiger partial charge is 0.242 e. The monoisotopic (exact) mass is 480 g/mol. The van der Waals surface area contributed by atoms with Gasteiger partial charge in [0.05, 0.1) is 15.8 Å². The van der Waals surface area contributed by atoms with Crippen LogP contribution in [0.3, 0.4) is 0 Å². The van der Waals surface area contributed by atoms with Crippen LogP contribution in [0.5, 0.6) is 0 Å². The van der Waals surface area contributed by atoms with E-state index in [1.165, 1.54) is 11.8 Å². The summed E-state index contributed by atoms with van der Waals surface area (Å²) >= 11 is 13.5. The summed E-state index contributed by atoms with van der Waals surface area (Å²) in [5, 5.41) is 3.96. The van der Waals surface area contributed by atoms with Gasteiger partial charge < -0.3 is 10.2 Å². The van der Waals surface area contributed by atoms with Crippen molar-refractivity contribution >= 4 is 46.8 Å². The van der Waals surface area contributed by atoms with Crippen LogP contribution < -0.4 is 5.32 Å². The number of carbonyl (C=O) groups is 2. The number of thioether (sulfide) groups is 1. The predicted molar refractivity (Wildman–Crippen MR) is 132 cm³/mol. The summed E-state index contributed by atoms with van der Waals surface area (Å²) in [6, 6.07) is 12.9. The summed E-state index contributed by atoms with van der Waals surface area (Å²) in [5.74, 6) is 0.727. The molecule has 31 heavy (non-hydrogen) atoms. The molecule has 0 saturated heterocycles. The topological polar surface area (TPSA) is 49.4 Å². The molecule has 0 aromatic heterocycles. The lowest BCUT2D eigenvalue weighted by Gasteiger charge is -2.29. The Hall–Kier alpha value is -1.69. The van der Waals surface area contributed by atoms with Crippen LogP contribution in [0.4, 0.5) is 0 Å². The molecule has 2 amide bonds. The highest BCUT2D eigenvalue weighted by molar-refractivity contribution is 7.99. The van der Waals surface area contributed by atoms with Crippen molar-refractivity contribution in [1.82, 2.24) is 10.2 Å². The van der Waals surface area contributed by atoms with Gasteiger partial charge >= 0.3 is 0 Å². The molecule has 0 aliphatic carbocycles. The van der Waals surface area contributed by atoms with E-state index in [1.54, 1.807) is 17.9 Å². The van der Waals surface area contributed by atoms with Crippen LogP contribution >= 0.6 is 35.0 Å². The quantitative estimate of drug-likeness (QED) is 0.409. The number of aryl methyl sites for hydroxylation is 1. The molecular formula is C24H30Cl2N2O2S. The Labute approximate surface area is 199 Å². The van der Waals surface area contributed by atoms with Crippen molar-refractivity contribution < 1.29 is 9.59 Å². The molecule has 2 aromatic carbocycles. The second-order valence-electron chi connectivity index (χ2n) is 7.57. The van der Waals surface area contributed by atoms with Crippen molar-refractivity contribution in [2.24, 2.45) is 0 Å². The highest BCUT2D eigenvalue weighted by Crippen LogP contribution is 2.25. The van der Waals surface area contributed by atoms with Crippen LogP contribution in [-0.2, 0) is 21.9 Å². The van der Waals surface area contributed by atoms with Gasteiger partial charge in [-0.25, -0.2) is 0 Å². The first kappa shape index (κ1) is 25.6. The minimum atomic E-state index is -0.546. The molecule has 0 bridgehead atoms. The average molecular weight is 481 g/mol. The number of nitrogens with zero attached hydrogens (tertiary/aromatic N) is 1. The third kappa shape index (κ3) is 8.40. The lowest BCUT2D eigenvalue weighted by molar-refractivity contribution is -0.138. The molecule has 2 rings (SSSR count). The van der Waals surface area contributed by atoms with Crippen molar-refractivity contribution in [2.75, 3.05) is 12.3 Å². The maximum absolute atomic E-state index is 13.1. The Morgan fingerprint density at radius 3 is 2.55 bits per heavy atom. The van der Waals surface area contributed by atoms with E-state index in [1.807, 2.05) is 43.3 Å². The fraction of sp³-hybridized carbons (Fsp3) is 0.417. The molecule has 0 saturated carbocycles. The number of unbranched alkanes of at least 4 members (excludes halogenated alkanes) is 1. The van der Waals surface area contributed by atoms with Gasteiger partial charge in [-0.15, -0.1) is 11.8 Å². The largest absolute Gasteiger partial charge is 0.354 e. The van der Waals surface area contributed by atoms with E-state index in [0.29, 0.717) is 28.9 Å². The molecule has 168 valence electrons. The summed E-state index contributed by atoms with van der Waals surface area (Å²) in [4.78, 5) is 27.4. The number of benzene rings is 2. The maximum Gasteiger partial charge on any atom is 0.242 e. The Morgan fingerprint density at radius 2 is 1.87 bits per heavy atom. The average Bonchev–Trinajstić information content (AvgIpc) is 2.74. The number of amides is 2. The zero-order valence-electron chi connectivity index (χ0n) is 18.3. The number of rotatable bonds is 11. The first-order valence-corrected chi connectivity index (χ1v) is 12.4. The molecule has 0 radical (unpaired) electrons. The number of nitrogens with one attached hydrogen (secondary N) is 1. The number of carbonyl (C=O) groups excluding carboxylic acids is 2. The van der Waals surface area contributed by atoms with Gasteiger partial charge in [0.1, 0.15) is 6.04 Å². The van der Waals surface area contributed by atoms with Gasteiger partial charge in [-0.3, -0.25) is 9.59 Å². The molecule has 0 fully saturated rings. The molecule has 0 heterocycles. The zero-order valence-corrected chi connectivity index (χ0v) is 20.6. The van der Waals surface area contributed by atoms with Crippen molar-refractivity contribution in [3.8, 4) is 0 Å². The van der Waals surface area contributed by atoms with Crippen LogP contribution in [0.25, 0.3) is 0 Å². The van der Waals surface area contributed by atoms with Crippen LogP contribution in [0.15, 0.2) is 42.5 Å². The molecule has 7 heteroatoms. The molecule has 0 aliphatic rings. The third-order valence-corrected chi connectivity index (χ3v) is 6.64. The summed E-state index contributed by atoms with van der Waals surface area (Å²) in [7, 11) is 0. The number of hydrogen-bond acceptors (Lipinski definition) is 3. The number of hydrogen-bond donors (Lipinski definition) is 1. The summed E-state index contributed by atoms with van der Waals surface area (Å²) in [6.45, 7) is 6.91. The van der Waals surface area contributed by atoms with E-state index in [9.17, 15) is 9.59 Å². The van der Waals surface area contributed by atoms with Crippen molar-refractivity contribution in [1.29, 1.82) is 0 Å². The fourth-order valence-electron chi connectivity index (χ4n) is 3.09. The Kier molecular flexibility index (Phi) is 10.7. The first-order chi connectivity index (χ1) is 14.8. The summed E-state index contributed by atoms with van der Waals surface area (Å²) < 4.78 is 0. The summed E-state index contributed by atoms with van der Waals surface area (Å²) in [6.07, 6.45) is 1.93. The van der Waals surface area contributed by atoms with E-state index in [4.69, 9.17) is 23.2 Å². The molecule has 4 nitrogen and oxygen atoms in total. The van der Waals surface area contributed by atoms with Crippen LogP contribution in [0.1, 0.15) is 43.4 Å². The molecule has 1 N–H and O–H groups in total. The van der Waals surface area contributed by atoms with Crippen molar-refractivity contribution in [3.63, 3.8) is 0 Å². The van der Waals surface area contributed by atoms with E-state index < -0.39 is 6.04 Å². The third-order valence-electron chi connectivity index (χ3n) is 4.91. The molecular weight excluding hydrogens is 451 g/mol. The lowest BCUT2D eigenvalue weighted by Crippen LogP contribution is -2.48. The molecule has 0 spiro atoms. The minimum absolute atomic E-state index is 0.0651. The minimum Gasteiger partial charge on any atom is -0.354 e. The highest BCUT2D eigenvalue weighted by Gasteiger charge is 2.25. The standard InChI is InChI=1S/C24H30Cl2N2O2S/c1-4-5-11-27-24(30)18(3)28(14-19-8-6-7-17(2)12-19)23(29)16-31-15-20-9-10-21(25)22(26)13-20/h6-10,12-13,18H,4-5,11,14-16H2,1-3H3,(H,27,30)/t18-/m1/s1. The lowest BCUT2D eigenvalue weighted by atomic mass is 10.1. The van der Waals surface area contributed by atoms with E-state index in [-0.39, 0.29) is 17.6 Å². The zero-order chi connectivity index (χ0) is 22.8. The number of halogens is 2.